The van der Waals surface area contributed by atoms with Crippen molar-refractivity contribution >= 4 is 11.8 Å². The Labute approximate surface area is 98.5 Å². The van der Waals surface area contributed by atoms with Crippen molar-refractivity contribution in [2.75, 3.05) is 0 Å². The molecular formula is C12H13F2NS. The quantitative estimate of drug-likeness (QED) is 0.747. The number of hydrogen-bond acceptors (Lipinski definition) is 2. The first kappa shape index (κ1) is 13.0. The molecule has 0 aliphatic carbocycles. The van der Waals surface area contributed by atoms with Gasteiger partial charge in [0, 0.05) is 5.25 Å². The maximum absolute atomic E-state index is 13.5. The Kier molecular flexibility index (Phi) is 4.31. The number of thioether (sulfide) groups is 1. The molecule has 0 saturated heterocycles. The third-order valence-corrected chi connectivity index (χ3v) is 3.91. The maximum Gasteiger partial charge on any atom is 0.141 e. The van der Waals surface area contributed by atoms with E-state index < -0.39 is 11.6 Å². The maximum atomic E-state index is 13.5. The van der Waals surface area contributed by atoms with E-state index in [1.165, 1.54) is 0 Å². The summed E-state index contributed by atoms with van der Waals surface area (Å²) in [6, 6.07) is 3.86. The molecule has 0 saturated carbocycles. The number of nitrogens with zero attached hydrogens (tertiary/aromatic N) is 1. The van der Waals surface area contributed by atoms with Crippen LogP contribution in [0.2, 0.25) is 0 Å². The lowest BCUT2D eigenvalue weighted by atomic mass is 10.2. The second kappa shape index (κ2) is 5.31. The minimum atomic E-state index is -0.658. The number of hydrogen-bond donors (Lipinski definition) is 0. The SMILES string of the molecule is CC(C)C(C)Sc1c(F)cc(C#N)cc1F. The Morgan fingerprint density at radius 3 is 2.06 bits per heavy atom. The second-order valence-corrected chi connectivity index (χ2v) is 5.34. The molecular weight excluding hydrogens is 228 g/mol. The highest BCUT2D eigenvalue weighted by atomic mass is 32.2. The van der Waals surface area contributed by atoms with Crippen molar-refractivity contribution in [2.45, 2.75) is 30.9 Å². The Bertz CT molecular complexity index is 401. The van der Waals surface area contributed by atoms with Crippen LogP contribution in [-0.2, 0) is 0 Å². The zero-order valence-electron chi connectivity index (χ0n) is 9.42. The van der Waals surface area contributed by atoms with Crippen LogP contribution in [0.1, 0.15) is 26.3 Å². The zero-order chi connectivity index (χ0) is 12.3. The molecule has 0 spiro atoms. The standard InChI is InChI=1S/C12H13F2NS/c1-7(2)8(3)16-12-10(13)4-9(6-15)5-11(12)14/h4-5,7-8H,1-3H3. The summed E-state index contributed by atoms with van der Waals surface area (Å²) in [5.74, 6) is -0.984. The largest absolute Gasteiger partial charge is 0.206 e. The van der Waals surface area contributed by atoms with Crippen LogP contribution >= 0.6 is 11.8 Å². The average molecular weight is 241 g/mol. The summed E-state index contributed by atoms with van der Waals surface area (Å²) in [7, 11) is 0. The first-order valence-electron chi connectivity index (χ1n) is 5.01. The van der Waals surface area contributed by atoms with Crippen molar-refractivity contribution in [1.82, 2.24) is 0 Å². The van der Waals surface area contributed by atoms with Crippen molar-refractivity contribution in [3.8, 4) is 6.07 Å². The minimum absolute atomic E-state index is 0.000185. The summed E-state index contributed by atoms with van der Waals surface area (Å²) in [6.07, 6.45) is 0. The predicted molar refractivity (Wildman–Crippen MR) is 61.2 cm³/mol. The molecule has 1 nitrogen and oxygen atoms in total. The molecule has 0 fully saturated rings. The van der Waals surface area contributed by atoms with E-state index in [0.717, 1.165) is 23.9 Å². The van der Waals surface area contributed by atoms with Gasteiger partial charge in [-0.3, -0.25) is 0 Å². The molecule has 1 atom stereocenters. The van der Waals surface area contributed by atoms with Gasteiger partial charge >= 0.3 is 0 Å². The Morgan fingerprint density at radius 1 is 1.19 bits per heavy atom. The van der Waals surface area contributed by atoms with Crippen molar-refractivity contribution in [2.24, 2.45) is 5.92 Å². The van der Waals surface area contributed by atoms with Gasteiger partial charge in [-0.05, 0) is 18.1 Å². The van der Waals surface area contributed by atoms with Crippen molar-refractivity contribution in [1.29, 1.82) is 5.26 Å². The van der Waals surface area contributed by atoms with E-state index in [1.54, 1.807) is 6.07 Å². The molecule has 0 N–H and O–H groups in total. The molecule has 1 rings (SSSR count). The van der Waals surface area contributed by atoms with Crippen molar-refractivity contribution in [3.63, 3.8) is 0 Å². The van der Waals surface area contributed by atoms with Gasteiger partial charge in [0.2, 0.25) is 0 Å². The van der Waals surface area contributed by atoms with Crippen LogP contribution in [-0.4, -0.2) is 5.25 Å². The fraction of sp³-hybridized carbons (Fsp3) is 0.417. The number of halogens is 2. The number of benzene rings is 1. The van der Waals surface area contributed by atoms with E-state index in [4.69, 9.17) is 5.26 Å². The lowest BCUT2D eigenvalue weighted by molar-refractivity contribution is 0.537. The lowest BCUT2D eigenvalue weighted by Gasteiger charge is -2.15. The average Bonchev–Trinajstić information content (AvgIpc) is 2.22. The third kappa shape index (κ3) is 2.96. The van der Waals surface area contributed by atoms with Gasteiger partial charge in [0.25, 0.3) is 0 Å². The van der Waals surface area contributed by atoms with E-state index in [-0.39, 0.29) is 15.7 Å². The minimum Gasteiger partial charge on any atom is -0.206 e. The monoisotopic (exact) mass is 241 g/mol. The van der Waals surface area contributed by atoms with Gasteiger partial charge in [-0.1, -0.05) is 20.8 Å². The van der Waals surface area contributed by atoms with Gasteiger partial charge in [0.1, 0.15) is 11.6 Å². The number of nitriles is 1. The molecule has 0 aromatic heterocycles. The van der Waals surface area contributed by atoms with E-state index in [9.17, 15) is 8.78 Å². The first-order valence-corrected chi connectivity index (χ1v) is 5.89. The van der Waals surface area contributed by atoms with Crippen molar-refractivity contribution < 1.29 is 8.78 Å². The van der Waals surface area contributed by atoms with Crippen LogP contribution in [0.15, 0.2) is 17.0 Å². The molecule has 0 heterocycles. The smallest absolute Gasteiger partial charge is 0.141 e. The van der Waals surface area contributed by atoms with Gasteiger partial charge in [-0.25, -0.2) is 8.78 Å². The highest BCUT2D eigenvalue weighted by molar-refractivity contribution is 8.00. The molecule has 0 aliphatic rings. The molecule has 0 aliphatic heterocycles. The van der Waals surface area contributed by atoms with Crippen LogP contribution in [0.3, 0.4) is 0 Å². The summed E-state index contributed by atoms with van der Waals surface area (Å²) in [4.78, 5) is 0.000185. The van der Waals surface area contributed by atoms with E-state index in [1.807, 2.05) is 20.8 Å². The van der Waals surface area contributed by atoms with Gasteiger partial charge in [-0.15, -0.1) is 11.8 Å². The molecule has 86 valence electrons. The molecule has 1 unspecified atom stereocenters. The molecule has 0 bridgehead atoms. The van der Waals surface area contributed by atoms with Crippen LogP contribution in [0.25, 0.3) is 0 Å². The molecule has 1 aromatic carbocycles. The summed E-state index contributed by atoms with van der Waals surface area (Å²) >= 11 is 1.16. The summed E-state index contributed by atoms with van der Waals surface area (Å²) in [6.45, 7) is 5.92. The second-order valence-electron chi connectivity index (χ2n) is 3.95. The molecule has 16 heavy (non-hydrogen) atoms. The van der Waals surface area contributed by atoms with Gasteiger partial charge in [0.05, 0.1) is 16.5 Å². The van der Waals surface area contributed by atoms with Crippen molar-refractivity contribution in [3.05, 3.63) is 29.3 Å². The first-order chi connectivity index (χ1) is 7.45. The van der Waals surface area contributed by atoms with E-state index in [2.05, 4.69) is 0 Å². The summed E-state index contributed by atoms with van der Waals surface area (Å²) in [5, 5.41) is 8.68. The normalized spacial score (nSPS) is 12.6. The molecule has 1 aromatic rings. The number of rotatable bonds is 3. The highest BCUT2D eigenvalue weighted by Crippen LogP contribution is 2.32. The van der Waals surface area contributed by atoms with Crippen LogP contribution in [0.4, 0.5) is 8.78 Å². The molecule has 0 amide bonds. The topological polar surface area (TPSA) is 23.8 Å². The summed E-state index contributed by atoms with van der Waals surface area (Å²) in [5.41, 5.74) is 0.0107. The van der Waals surface area contributed by atoms with Gasteiger partial charge in [-0.2, -0.15) is 5.26 Å². The zero-order valence-corrected chi connectivity index (χ0v) is 10.2. The molecule has 4 heteroatoms. The summed E-state index contributed by atoms with van der Waals surface area (Å²) < 4.78 is 27.0. The van der Waals surface area contributed by atoms with E-state index >= 15 is 0 Å². The van der Waals surface area contributed by atoms with Gasteiger partial charge in [0.15, 0.2) is 0 Å². The van der Waals surface area contributed by atoms with Crippen LogP contribution in [0.5, 0.6) is 0 Å². The molecule has 0 radical (unpaired) electrons. The van der Waals surface area contributed by atoms with Crippen LogP contribution in [0, 0.1) is 28.9 Å². The Morgan fingerprint density at radius 2 is 1.69 bits per heavy atom. The van der Waals surface area contributed by atoms with Crippen LogP contribution < -0.4 is 0 Å². The predicted octanol–water partition coefficient (Wildman–Crippen LogP) is 3.97. The Hall–Kier alpha value is -1.08. The highest BCUT2D eigenvalue weighted by Gasteiger charge is 2.16. The fourth-order valence-corrected chi connectivity index (χ4v) is 2.05. The lowest BCUT2D eigenvalue weighted by Crippen LogP contribution is -2.06. The Balaban J connectivity index is 3.02. The third-order valence-electron chi connectivity index (χ3n) is 2.37. The van der Waals surface area contributed by atoms with Gasteiger partial charge < -0.3 is 0 Å². The van der Waals surface area contributed by atoms with E-state index in [0.29, 0.717) is 5.92 Å². The fourth-order valence-electron chi connectivity index (χ4n) is 1.06.